The van der Waals surface area contributed by atoms with Crippen molar-refractivity contribution in [3.8, 4) is 0 Å². The van der Waals surface area contributed by atoms with Gasteiger partial charge in [-0.05, 0) is 64.1 Å². The molecule has 0 fully saturated rings. The van der Waals surface area contributed by atoms with Gasteiger partial charge in [0.25, 0.3) is 10.0 Å². The molecule has 1 N–H and O–H groups in total. The summed E-state index contributed by atoms with van der Waals surface area (Å²) in [5.74, 6) is -1.79. The van der Waals surface area contributed by atoms with Gasteiger partial charge in [-0.1, -0.05) is 59.6 Å². The third-order valence-corrected chi connectivity index (χ3v) is 8.08. The zero-order valence-electron chi connectivity index (χ0n) is 22.0. The number of rotatable bonds is 9. The first kappa shape index (κ1) is 30.4. The van der Waals surface area contributed by atoms with Crippen LogP contribution in [0, 0.1) is 5.82 Å². The van der Waals surface area contributed by atoms with Gasteiger partial charge in [-0.15, -0.1) is 0 Å². The summed E-state index contributed by atoms with van der Waals surface area (Å²) in [5.41, 5.74) is -0.451. The number of hydrogen-bond donors (Lipinski definition) is 1. The number of nitrogens with one attached hydrogen (secondary N) is 1. The van der Waals surface area contributed by atoms with Crippen molar-refractivity contribution in [1.29, 1.82) is 0 Å². The normalized spacial score (nSPS) is 12.5. The molecule has 0 aliphatic heterocycles. The smallest absolute Gasteiger partial charge is 0.264 e. The van der Waals surface area contributed by atoms with E-state index in [-0.39, 0.29) is 32.7 Å². The maximum atomic E-state index is 14.6. The first-order chi connectivity index (χ1) is 18.2. The molecular weight excluding hydrogens is 564 g/mol. The summed E-state index contributed by atoms with van der Waals surface area (Å²) in [6.07, 6.45) is 0. The largest absolute Gasteiger partial charge is 0.350 e. The Kier molecular flexibility index (Phi) is 9.64. The van der Waals surface area contributed by atoms with Crippen molar-refractivity contribution < 1.29 is 22.4 Å². The van der Waals surface area contributed by atoms with Crippen molar-refractivity contribution in [3.05, 3.63) is 94.2 Å². The monoisotopic (exact) mass is 593 g/mol. The van der Waals surface area contributed by atoms with Crippen LogP contribution in [0.4, 0.5) is 10.1 Å². The Balaban J connectivity index is 2.08. The summed E-state index contributed by atoms with van der Waals surface area (Å²) >= 11 is 12.5. The Morgan fingerprint density at radius 1 is 0.974 bits per heavy atom. The van der Waals surface area contributed by atoms with Crippen molar-refractivity contribution in [1.82, 2.24) is 10.2 Å². The van der Waals surface area contributed by atoms with Gasteiger partial charge in [-0.25, -0.2) is 12.8 Å². The van der Waals surface area contributed by atoms with Gasteiger partial charge >= 0.3 is 0 Å². The number of carbonyl (C=O) groups is 2. The predicted octanol–water partition coefficient (Wildman–Crippen LogP) is 5.66. The first-order valence-corrected chi connectivity index (χ1v) is 14.3. The van der Waals surface area contributed by atoms with Crippen LogP contribution in [0.25, 0.3) is 0 Å². The molecule has 11 heteroatoms. The number of benzene rings is 3. The van der Waals surface area contributed by atoms with E-state index < -0.39 is 45.8 Å². The summed E-state index contributed by atoms with van der Waals surface area (Å²) in [6, 6.07) is 16.6. The van der Waals surface area contributed by atoms with Crippen LogP contribution in [0.3, 0.4) is 0 Å². The molecule has 0 spiro atoms. The van der Waals surface area contributed by atoms with E-state index in [4.69, 9.17) is 23.2 Å². The topological polar surface area (TPSA) is 86.8 Å². The lowest BCUT2D eigenvalue weighted by Crippen LogP contribution is -2.54. The fourth-order valence-electron chi connectivity index (χ4n) is 3.78. The highest BCUT2D eigenvalue weighted by Crippen LogP contribution is 2.33. The fourth-order valence-corrected chi connectivity index (χ4v) is 5.66. The molecular formula is C28H30Cl2FN3O4S. The lowest BCUT2D eigenvalue weighted by molar-refractivity contribution is -0.140. The summed E-state index contributed by atoms with van der Waals surface area (Å²) in [7, 11) is -4.31. The maximum Gasteiger partial charge on any atom is 0.264 e. The molecule has 0 saturated carbocycles. The van der Waals surface area contributed by atoms with E-state index in [9.17, 15) is 22.4 Å². The average molecular weight is 595 g/mol. The van der Waals surface area contributed by atoms with Crippen molar-refractivity contribution in [2.45, 2.75) is 50.7 Å². The second kappa shape index (κ2) is 12.4. The van der Waals surface area contributed by atoms with Crippen molar-refractivity contribution in [2.75, 3.05) is 10.8 Å². The molecule has 3 rings (SSSR count). The van der Waals surface area contributed by atoms with Gasteiger partial charge in [0.1, 0.15) is 18.4 Å². The third-order valence-electron chi connectivity index (χ3n) is 5.75. The Labute approximate surface area is 238 Å². The van der Waals surface area contributed by atoms with Gasteiger partial charge < -0.3 is 10.2 Å². The van der Waals surface area contributed by atoms with Gasteiger partial charge in [0.2, 0.25) is 11.8 Å². The highest BCUT2D eigenvalue weighted by Gasteiger charge is 2.34. The molecule has 3 aromatic carbocycles. The average Bonchev–Trinajstić information content (AvgIpc) is 2.87. The van der Waals surface area contributed by atoms with Crippen LogP contribution in [0.1, 0.15) is 33.3 Å². The van der Waals surface area contributed by atoms with Gasteiger partial charge in [-0.2, -0.15) is 0 Å². The molecule has 0 aliphatic carbocycles. The van der Waals surface area contributed by atoms with Gasteiger partial charge in [0, 0.05) is 22.7 Å². The van der Waals surface area contributed by atoms with E-state index in [1.54, 1.807) is 45.0 Å². The van der Waals surface area contributed by atoms with E-state index in [0.29, 0.717) is 0 Å². The Hall–Kier alpha value is -3.14. The Bertz CT molecular complexity index is 1450. The van der Waals surface area contributed by atoms with Gasteiger partial charge in [0.15, 0.2) is 0 Å². The molecule has 1 atom stereocenters. The van der Waals surface area contributed by atoms with Crippen LogP contribution < -0.4 is 9.62 Å². The highest BCUT2D eigenvalue weighted by molar-refractivity contribution is 7.92. The molecule has 208 valence electrons. The third kappa shape index (κ3) is 7.71. The molecule has 0 aromatic heterocycles. The van der Waals surface area contributed by atoms with Crippen LogP contribution in [0.2, 0.25) is 10.0 Å². The van der Waals surface area contributed by atoms with E-state index in [1.807, 2.05) is 0 Å². The minimum Gasteiger partial charge on any atom is -0.350 e. The number of nitrogens with zero attached hydrogens (tertiary/aromatic N) is 2. The number of halogens is 3. The molecule has 0 aliphatic rings. The Morgan fingerprint density at radius 3 is 2.21 bits per heavy atom. The van der Waals surface area contributed by atoms with Crippen LogP contribution in [-0.2, 0) is 26.2 Å². The van der Waals surface area contributed by atoms with E-state index in [0.717, 1.165) is 9.21 Å². The SMILES string of the molecule is C[C@@H](C(=O)NC(C)(C)C)N(Cc1ccccc1F)C(=O)CN(c1cc(Cl)ccc1Cl)S(=O)(=O)c1ccccc1. The van der Waals surface area contributed by atoms with Crippen molar-refractivity contribution >= 4 is 50.7 Å². The number of sulfonamides is 1. The van der Waals surface area contributed by atoms with Crippen LogP contribution in [0.5, 0.6) is 0 Å². The molecule has 0 saturated heterocycles. The zero-order valence-corrected chi connectivity index (χ0v) is 24.3. The van der Waals surface area contributed by atoms with E-state index in [1.165, 1.54) is 55.5 Å². The van der Waals surface area contributed by atoms with Gasteiger partial charge in [-0.3, -0.25) is 13.9 Å². The second-order valence-electron chi connectivity index (χ2n) is 9.95. The molecule has 39 heavy (non-hydrogen) atoms. The molecule has 7 nitrogen and oxygen atoms in total. The van der Waals surface area contributed by atoms with Crippen LogP contribution in [-0.4, -0.2) is 43.3 Å². The summed E-state index contributed by atoms with van der Waals surface area (Å²) in [5, 5.41) is 3.07. The summed E-state index contributed by atoms with van der Waals surface area (Å²) in [4.78, 5) is 28.0. The number of hydrogen-bond acceptors (Lipinski definition) is 4. The maximum absolute atomic E-state index is 14.6. The molecule has 0 heterocycles. The van der Waals surface area contributed by atoms with Crippen LogP contribution >= 0.6 is 23.2 Å². The minimum atomic E-state index is -4.31. The van der Waals surface area contributed by atoms with E-state index in [2.05, 4.69) is 5.32 Å². The number of amides is 2. The second-order valence-corrected chi connectivity index (χ2v) is 12.7. The Morgan fingerprint density at radius 2 is 1.59 bits per heavy atom. The molecule has 3 aromatic rings. The lowest BCUT2D eigenvalue weighted by atomic mass is 10.1. The van der Waals surface area contributed by atoms with E-state index >= 15 is 0 Å². The summed E-state index contributed by atoms with van der Waals surface area (Å²) < 4.78 is 43.0. The molecule has 0 unspecified atom stereocenters. The zero-order chi connectivity index (χ0) is 29.0. The number of anilines is 1. The highest BCUT2D eigenvalue weighted by atomic mass is 35.5. The molecule has 0 radical (unpaired) electrons. The van der Waals surface area contributed by atoms with Crippen molar-refractivity contribution in [2.24, 2.45) is 0 Å². The first-order valence-electron chi connectivity index (χ1n) is 12.1. The number of carbonyl (C=O) groups excluding carboxylic acids is 2. The fraction of sp³-hybridized carbons (Fsp3) is 0.286. The molecule has 2 amide bonds. The quantitative estimate of drug-likeness (QED) is 0.347. The standard InChI is InChI=1S/C28H30Cl2FN3O4S/c1-19(27(36)32-28(2,3)4)33(17-20-10-8-9-13-24(20)31)26(35)18-34(25-16-21(29)14-15-23(25)30)39(37,38)22-11-6-5-7-12-22/h5-16,19H,17-18H2,1-4H3,(H,32,36)/t19-/m0/s1. The van der Waals surface area contributed by atoms with Gasteiger partial charge in [0.05, 0.1) is 15.6 Å². The molecule has 0 bridgehead atoms. The summed E-state index contributed by atoms with van der Waals surface area (Å²) in [6.45, 7) is 5.87. The minimum absolute atomic E-state index is 0.0148. The van der Waals surface area contributed by atoms with Crippen LogP contribution in [0.15, 0.2) is 77.7 Å². The van der Waals surface area contributed by atoms with Crippen molar-refractivity contribution in [3.63, 3.8) is 0 Å². The predicted molar refractivity (Wildman–Crippen MR) is 152 cm³/mol. The lowest BCUT2D eigenvalue weighted by Gasteiger charge is -2.33.